The summed E-state index contributed by atoms with van der Waals surface area (Å²) in [5.41, 5.74) is 1.89. The van der Waals surface area contributed by atoms with E-state index in [0.717, 1.165) is 17.1 Å². The zero-order valence-electron chi connectivity index (χ0n) is 15.2. The van der Waals surface area contributed by atoms with Crippen LogP contribution >= 0.6 is 11.3 Å². The molecule has 7 heteroatoms. The van der Waals surface area contributed by atoms with Crippen LogP contribution in [0.3, 0.4) is 0 Å². The van der Waals surface area contributed by atoms with Crippen LogP contribution in [0.15, 0.2) is 60.0 Å². The molecule has 3 rings (SSSR count). The van der Waals surface area contributed by atoms with E-state index < -0.39 is 11.7 Å². The zero-order chi connectivity index (χ0) is 19.8. The first-order chi connectivity index (χ1) is 13.6. The number of hydrogen-bond acceptors (Lipinski definition) is 4. The fraction of sp³-hybridized carbons (Fsp3) is 0.190. The summed E-state index contributed by atoms with van der Waals surface area (Å²) in [7, 11) is 0. The Kier molecular flexibility index (Phi) is 6.86. The molecule has 2 aromatic carbocycles. The molecule has 2 amide bonds. The highest BCUT2D eigenvalue weighted by Gasteiger charge is 2.11. The smallest absolute Gasteiger partial charge is 0.254 e. The third-order valence-electron chi connectivity index (χ3n) is 3.99. The number of nitrogens with one attached hydrogen (secondary N) is 2. The largest absolute Gasteiger partial charge is 0.354 e. The number of carbonyl (C=O) groups excluding carboxylic acids is 2. The Morgan fingerprint density at radius 2 is 1.68 bits per heavy atom. The first-order valence-electron chi connectivity index (χ1n) is 8.88. The van der Waals surface area contributed by atoms with Gasteiger partial charge in [-0.15, -0.1) is 11.3 Å². The SMILES string of the molecule is O=C(Cc1csc(Cc2ccccc2)n1)NCCNC(=O)c1ccccc1F. The molecule has 144 valence electrons. The Labute approximate surface area is 166 Å². The van der Waals surface area contributed by atoms with E-state index in [1.54, 1.807) is 6.07 Å². The lowest BCUT2D eigenvalue weighted by atomic mass is 10.2. The van der Waals surface area contributed by atoms with Crippen LogP contribution in [-0.2, 0) is 17.6 Å². The minimum atomic E-state index is -0.570. The van der Waals surface area contributed by atoms with Crippen molar-refractivity contribution in [3.05, 3.63) is 87.6 Å². The van der Waals surface area contributed by atoms with Crippen LogP contribution in [0, 0.1) is 5.82 Å². The van der Waals surface area contributed by atoms with Crippen LogP contribution in [0.1, 0.15) is 26.6 Å². The van der Waals surface area contributed by atoms with Crippen molar-refractivity contribution in [1.82, 2.24) is 15.6 Å². The van der Waals surface area contributed by atoms with Crippen molar-refractivity contribution in [1.29, 1.82) is 0 Å². The zero-order valence-corrected chi connectivity index (χ0v) is 16.0. The average Bonchev–Trinajstić information content (AvgIpc) is 3.13. The van der Waals surface area contributed by atoms with Gasteiger partial charge in [0.2, 0.25) is 5.91 Å². The molecule has 1 heterocycles. The van der Waals surface area contributed by atoms with Crippen LogP contribution in [-0.4, -0.2) is 29.9 Å². The minimum Gasteiger partial charge on any atom is -0.354 e. The third kappa shape index (κ3) is 5.72. The first kappa shape index (κ1) is 19.7. The summed E-state index contributed by atoms with van der Waals surface area (Å²) >= 11 is 1.53. The van der Waals surface area contributed by atoms with Crippen LogP contribution in [0.2, 0.25) is 0 Å². The van der Waals surface area contributed by atoms with Crippen LogP contribution in [0.25, 0.3) is 0 Å². The summed E-state index contributed by atoms with van der Waals surface area (Å²) in [6.07, 6.45) is 0.932. The third-order valence-corrected chi connectivity index (χ3v) is 4.89. The van der Waals surface area contributed by atoms with Crippen molar-refractivity contribution < 1.29 is 14.0 Å². The fourth-order valence-corrected chi connectivity index (χ4v) is 3.46. The molecule has 0 aliphatic carbocycles. The van der Waals surface area contributed by atoms with Gasteiger partial charge in [0.25, 0.3) is 5.91 Å². The second-order valence-electron chi connectivity index (χ2n) is 6.16. The average molecular weight is 397 g/mol. The summed E-state index contributed by atoms with van der Waals surface area (Å²) in [6.45, 7) is 0.481. The second-order valence-corrected chi connectivity index (χ2v) is 7.10. The molecule has 0 bridgehead atoms. The molecule has 0 spiro atoms. The topological polar surface area (TPSA) is 71.1 Å². The van der Waals surface area contributed by atoms with E-state index in [1.165, 1.54) is 35.1 Å². The van der Waals surface area contributed by atoms with Gasteiger partial charge in [0.1, 0.15) is 5.82 Å². The fourth-order valence-electron chi connectivity index (χ4n) is 2.63. The molecule has 0 unspecified atom stereocenters. The summed E-state index contributed by atoms with van der Waals surface area (Å²) in [5.74, 6) is -1.24. The van der Waals surface area contributed by atoms with Crippen molar-refractivity contribution >= 4 is 23.2 Å². The van der Waals surface area contributed by atoms with E-state index in [1.807, 2.05) is 35.7 Å². The van der Waals surface area contributed by atoms with Crippen molar-refractivity contribution in [3.8, 4) is 0 Å². The molecule has 3 aromatic rings. The predicted molar refractivity (Wildman–Crippen MR) is 107 cm³/mol. The molecule has 1 aromatic heterocycles. The number of thiazole rings is 1. The number of halogens is 1. The van der Waals surface area contributed by atoms with Gasteiger partial charge >= 0.3 is 0 Å². The van der Waals surface area contributed by atoms with Crippen molar-refractivity contribution in [2.75, 3.05) is 13.1 Å². The molecule has 0 aliphatic heterocycles. The molecular formula is C21H20FN3O2S. The lowest BCUT2D eigenvalue weighted by molar-refractivity contribution is -0.120. The van der Waals surface area contributed by atoms with E-state index in [-0.39, 0.29) is 31.0 Å². The van der Waals surface area contributed by atoms with E-state index in [4.69, 9.17) is 0 Å². The molecule has 0 aliphatic rings. The van der Waals surface area contributed by atoms with Crippen LogP contribution < -0.4 is 10.6 Å². The van der Waals surface area contributed by atoms with Crippen molar-refractivity contribution in [2.45, 2.75) is 12.8 Å². The summed E-state index contributed by atoms with van der Waals surface area (Å²) < 4.78 is 13.5. The van der Waals surface area contributed by atoms with Gasteiger partial charge in [-0.3, -0.25) is 9.59 Å². The van der Waals surface area contributed by atoms with E-state index >= 15 is 0 Å². The van der Waals surface area contributed by atoms with Gasteiger partial charge in [0.15, 0.2) is 0 Å². The number of aromatic nitrogens is 1. The lowest BCUT2D eigenvalue weighted by Crippen LogP contribution is -2.35. The van der Waals surface area contributed by atoms with Gasteiger partial charge in [0, 0.05) is 24.9 Å². The lowest BCUT2D eigenvalue weighted by Gasteiger charge is -2.07. The number of rotatable bonds is 8. The molecule has 28 heavy (non-hydrogen) atoms. The maximum Gasteiger partial charge on any atom is 0.254 e. The molecule has 0 radical (unpaired) electrons. The number of carbonyl (C=O) groups is 2. The van der Waals surface area contributed by atoms with Gasteiger partial charge < -0.3 is 10.6 Å². The second kappa shape index (κ2) is 9.75. The van der Waals surface area contributed by atoms with E-state index in [0.29, 0.717) is 0 Å². The molecular weight excluding hydrogens is 377 g/mol. The maximum atomic E-state index is 13.5. The number of benzene rings is 2. The van der Waals surface area contributed by atoms with Crippen LogP contribution in [0.5, 0.6) is 0 Å². The summed E-state index contributed by atoms with van der Waals surface area (Å²) in [6, 6.07) is 15.8. The highest BCUT2D eigenvalue weighted by atomic mass is 32.1. The van der Waals surface area contributed by atoms with Gasteiger partial charge in [-0.2, -0.15) is 0 Å². The first-order valence-corrected chi connectivity index (χ1v) is 9.76. The standard InChI is InChI=1S/C21H20FN3O2S/c22-18-9-5-4-8-17(18)21(27)24-11-10-23-19(26)13-16-14-28-20(25-16)12-15-6-2-1-3-7-15/h1-9,14H,10-13H2,(H,23,26)(H,24,27). The Balaban J connectivity index is 1.39. The summed E-state index contributed by atoms with van der Waals surface area (Å²) in [5, 5.41) is 8.16. The Bertz CT molecular complexity index is 944. The van der Waals surface area contributed by atoms with Gasteiger partial charge in [-0.25, -0.2) is 9.37 Å². The number of hydrogen-bond donors (Lipinski definition) is 2. The highest BCUT2D eigenvalue weighted by molar-refractivity contribution is 7.09. The minimum absolute atomic E-state index is 0.0118. The van der Waals surface area contributed by atoms with E-state index in [2.05, 4.69) is 15.6 Å². The van der Waals surface area contributed by atoms with Gasteiger partial charge in [-0.05, 0) is 17.7 Å². The molecule has 5 nitrogen and oxygen atoms in total. The van der Waals surface area contributed by atoms with Gasteiger partial charge in [0.05, 0.1) is 22.7 Å². The molecule has 0 atom stereocenters. The Hall–Kier alpha value is -3.06. The quantitative estimate of drug-likeness (QED) is 0.574. The van der Waals surface area contributed by atoms with Crippen molar-refractivity contribution in [2.24, 2.45) is 0 Å². The molecule has 0 saturated heterocycles. The number of nitrogens with zero attached hydrogens (tertiary/aromatic N) is 1. The molecule has 0 saturated carbocycles. The van der Waals surface area contributed by atoms with E-state index in [9.17, 15) is 14.0 Å². The van der Waals surface area contributed by atoms with Gasteiger partial charge in [-0.1, -0.05) is 42.5 Å². The molecule has 2 N–H and O–H groups in total. The Morgan fingerprint density at radius 1 is 0.964 bits per heavy atom. The van der Waals surface area contributed by atoms with Crippen molar-refractivity contribution in [3.63, 3.8) is 0 Å². The number of amides is 2. The van der Waals surface area contributed by atoms with Crippen LogP contribution in [0.4, 0.5) is 4.39 Å². The summed E-state index contributed by atoms with van der Waals surface area (Å²) in [4.78, 5) is 28.4. The Morgan fingerprint density at radius 3 is 2.46 bits per heavy atom. The maximum absolute atomic E-state index is 13.5. The molecule has 0 fully saturated rings. The monoisotopic (exact) mass is 397 g/mol. The normalized spacial score (nSPS) is 10.5. The highest BCUT2D eigenvalue weighted by Crippen LogP contribution is 2.15. The predicted octanol–water partition coefficient (Wildman–Crippen LogP) is 2.96.